The fraction of sp³-hybridized carbons (Fsp3) is 0.389. The van der Waals surface area contributed by atoms with Gasteiger partial charge in [0, 0.05) is 48.6 Å². The monoisotopic (exact) mass is 738 g/mol. The molecule has 0 unspecified atom stereocenters. The summed E-state index contributed by atoms with van der Waals surface area (Å²) in [6.07, 6.45) is 4.33. The van der Waals surface area contributed by atoms with Crippen LogP contribution >= 0.6 is 0 Å². The van der Waals surface area contributed by atoms with Crippen molar-refractivity contribution in [3.63, 3.8) is 0 Å². The second-order valence-electron chi connectivity index (χ2n) is 11.8. The largest absolute Gasteiger partial charge is 0.485 e. The average molecular weight is 739 g/mol. The maximum atomic E-state index is 16.0. The normalized spacial score (nSPS) is 11.9. The summed E-state index contributed by atoms with van der Waals surface area (Å²) in [6, 6.07) is 6.47. The number of amides is 4. The van der Waals surface area contributed by atoms with Crippen LogP contribution < -0.4 is 20.7 Å². The number of halogens is 2. The first-order valence-electron chi connectivity index (χ1n) is 17.0. The lowest BCUT2D eigenvalue weighted by Gasteiger charge is -2.24. The van der Waals surface area contributed by atoms with Crippen LogP contribution in [0.1, 0.15) is 43.6 Å². The smallest absolute Gasteiger partial charge is 0.407 e. The Kier molecular flexibility index (Phi) is 14.3. The molecule has 15 nitrogen and oxygen atoms in total. The Morgan fingerprint density at radius 2 is 1.55 bits per heavy atom. The molecule has 1 aromatic heterocycles. The van der Waals surface area contributed by atoms with Crippen molar-refractivity contribution in [2.24, 2.45) is 4.99 Å². The van der Waals surface area contributed by atoms with Crippen LogP contribution in [-0.4, -0.2) is 104 Å². The van der Waals surface area contributed by atoms with Crippen LogP contribution in [0.4, 0.5) is 18.4 Å². The number of ether oxygens (including phenoxy) is 3. The summed E-state index contributed by atoms with van der Waals surface area (Å²) >= 11 is 0. The second kappa shape index (κ2) is 19.0. The van der Waals surface area contributed by atoms with E-state index in [2.05, 4.69) is 40.4 Å². The summed E-state index contributed by atoms with van der Waals surface area (Å²) in [5, 5.41) is 7.68. The van der Waals surface area contributed by atoms with Crippen LogP contribution in [0.3, 0.4) is 0 Å². The molecule has 0 atom stereocenters. The van der Waals surface area contributed by atoms with Gasteiger partial charge in [-0.05, 0) is 36.6 Å². The van der Waals surface area contributed by atoms with E-state index in [-0.39, 0.29) is 67.0 Å². The number of hydrogen-bond acceptors (Lipinski definition) is 10. The lowest BCUT2D eigenvalue weighted by Crippen LogP contribution is -2.41. The Hall–Kier alpha value is -6.00. The molecule has 0 saturated heterocycles. The molecule has 0 aliphatic carbocycles. The van der Waals surface area contributed by atoms with E-state index < -0.39 is 23.8 Å². The van der Waals surface area contributed by atoms with Gasteiger partial charge in [0.05, 0.1) is 51.1 Å². The maximum Gasteiger partial charge on any atom is 0.407 e. The van der Waals surface area contributed by atoms with Crippen LogP contribution in [0.2, 0.25) is 0 Å². The summed E-state index contributed by atoms with van der Waals surface area (Å²) in [5.41, 5.74) is 2.23. The molecule has 4 amide bonds. The van der Waals surface area contributed by atoms with Gasteiger partial charge in [0.2, 0.25) is 11.8 Å². The predicted octanol–water partition coefficient (Wildman–Crippen LogP) is 4.19. The number of fused-ring (bicyclic) bond motifs is 3. The van der Waals surface area contributed by atoms with E-state index >= 15 is 8.78 Å². The Labute approximate surface area is 305 Å². The highest BCUT2D eigenvalue weighted by Gasteiger charge is 2.28. The van der Waals surface area contributed by atoms with Crippen LogP contribution in [0.5, 0.6) is 5.75 Å². The minimum absolute atomic E-state index is 0.0306. The van der Waals surface area contributed by atoms with Crippen molar-refractivity contribution in [3.8, 4) is 28.1 Å². The third-order valence-electron chi connectivity index (χ3n) is 8.25. The maximum absolute atomic E-state index is 16.0. The van der Waals surface area contributed by atoms with Gasteiger partial charge in [-0.15, -0.1) is 0 Å². The third-order valence-corrected chi connectivity index (χ3v) is 8.25. The molecule has 284 valence electrons. The molecule has 1 aliphatic heterocycles. The fourth-order valence-corrected chi connectivity index (χ4v) is 5.60. The van der Waals surface area contributed by atoms with Gasteiger partial charge in [0.15, 0.2) is 11.6 Å². The highest BCUT2D eigenvalue weighted by Crippen LogP contribution is 2.44. The predicted molar refractivity (Wildman–Crippen MR) is 193 cm³/mol. The number of aromatic amines is 1. The molecule has 0 radical (unpaired) electrons. The molecule has 4 N–H and O–H groups in total. The zero-order valence-corrected chi connectivity index (χ0v) is 30.3. The number of benzene rings is 2. The van der Waals surface area contributed by atoms with E-state index in [4.69, 9.17) is 4.74 Å². The van der Waals surface area contributed by atoms with Crippen molar-refractivity contribution in [1.29, 1.82) is 0 Å². The number of hydrogen-bond donors (Lipinski definition) is 4. The minimum atomic E-state index is -0.720. The first kappa shape index (κ1) is 39.8. The van der Waals surface area contributed by atoms with Crippen LogP contribution in [-0.2, 0) is 32.2 Å². The number of carbonyl (C=O) groups excluding carboxylic acids is 4. The minimum Gasteiger partial charge on any atom is -0.485 e. The molecular formula is C36H44F2N8O7. The van der Waals surface area contributed by atoms with E-state index in [0.717, 1.165) is 0 Å². The number of methoxy groups -OCH3 is 2. The van der Waals surface area contributed by atoms with Crippen molar-refractivity contribution in [1.82, 2.24) is 35.7 Å². The molecule has 0 saturated carbocycles. The number of carbonyl (C=O) groups is 4. The Balaban J connectivity index is 1.50. The number of nitrogens with zero attached hydrogens (tertiary/aromatic N) is 4. The van der Waals surface area contributed by atoms with Gasteiger partial charge < -0.3 is 44.9 Å². The van der Waals surface area contributed by atoms with Gasteiger partial charge in [-0.2, -0.15) is 0 Å². The van der Waals surface area contributed by atoms with Gasteiger partial charge in [-0.25, -0.2) is 23.4 Å². The number of aliphatic imine (C=N–C) groups is 1. The number of alkyl carbamates (subject to hydrolysis) is 2. The summed E-state index contributed by atoms with van der Waals surface area (Å²) < 4.78 is 46.8. The van der Waals surface area contributed by atoms with Gasteiger partial charge in [-0.3, -0.25) is 14.6 Å². The second-order valence-corrected chi connectivity index (χ2v) is 11.8. The zero-order chi connectivity index (χ0) is 38.5. The van der Waals surface area contributed by atoms with Crippen molar-refractivity contribution in [3.05, 3.63) is 65.2 Å². The molecule has 17 heteroatoms. The first-order chi connectivity index (χ1) is 25.6. The van der Waals surface area contributed by atoms with Crippen molar-refractivity contribution < 1.29 is 42.2 Å². The van der Waals surface area contributed by atoms with E-state index in [1.807, 2.05) is 13.8 Å². The van der Waals surface area contributed by atoms with Crippen molar-refractivity contribution >= 4 is 35.9 Å². The fourth-order valence-electron chi connectivity index (χ4n) is 5.60. The number of nitrogens with one attached hydrogen (secondary N) is 4. The average Bonchev–Trinajstić information content (AvgIpc) is 3.63. The van der Waals surface area contributed by atoms with Crippen molar-refractivity contribution in [2.75, 3.05) is 54.0 Å². The quantitative estimate of drug-likeness (QED) is 0.157. The Bertz CT molecular complexity index is 1860. The SMILES string of the molecule is CCCN(CC=N/C=C(\NC)c1ccc2c(c1F)COc1c-2ccc(-c2cnc(CN(CCC)C(=O)CNC(=O)OC)[nH]2)c1F)C(=O)CNC(=O)OC. The molecule has 2 aromatic carbocycles. The van der Waals surface area contributed by atoms with Gasteiger partial charge in [0.1, 0.15) is 31.3 Å². The molecule has 0 spiro atoms. The molecule has 3 aromatic rings. The Morgan fingerprint density at radius 3 is 2.19 bits per heavy atom. The first-order valence-corrected chi connectivity index (χ1v) is 17.0. The molecule has 2 heterocycles. The van der Waals surface area contributed by atoms with E-state index in [9.17, 15) is 19.2 Å². The number of H-pyrrole nitrogens is 1. The Morgan fingerprint density at radius 1 is 0.925 bits per heavy atom. The van der Waals surface area contributed by atoms with Crippen LogP contribution in [0, 0.1) is 11.6 Å². The van der Waals surface area contributed by atoms with Crippen LogP contribution in [0.25, 0.3) is 28.1 Å². The molecular weight excluding hydrogens is 694 g/mol. The zero-order valence-electron chi connectivity index (χ0n) is 30.3. The summed E-state index contributed by atoms with van der Waals surface area (Å²) in [5.74, 6) is -1.48. The van der Waals surface area contributed by atoms with Gasteiger partial charge in [0.25, 0.3) is 0 Å². The van der Waals surface area contributed by atoms with Crippen molar-refractivity contribution in [2.45, 2.75) is 39.8 Å². The number of imidazole rings is 1. The summed E-state index contributed by atoms with van der Waals surface area (Å²) in [4.78, 5) is 62.6. The molecule has 4 rings (SSSR count). The number of rotatable bonds is 16. The van der Waals surface area contributed by atoms with Gasteiger partial charge >= 0.3 is 12.2 Å². The lowest BCUT2D eigenvalue weighted by molar-refractivity contribution is -0.131. The van der Waals surface area contributed by atoms with E-state index in [1.165, 1.54) is 42.6 Å². The molecule has 0 fully saturated rings. The van der Waals surface area contributed by atoms with Gasteiger partial charge in [-0.1, -0.05) is 19.9 Å². The van der Waals surface area contributed by atoms with E-state index in [1.54, 1.807) is 31.3 Å². The molecule has 53 heavy (non-hydrogen) atoms. The summed E-state index contributed by atoms with van der Waals surface area (Å²) in [6.45, 7) is 4.26. The lowest BCUT2D eigenvalue weighted by atomic mass is 9.92. The number of aromatic nitrogens is 2. The molecule has 0 bridgehead atoms. The molecule has 1 aliphatic rings. The van der Waals surface area contributed by atoms with Crippen LogP contribution in [0.15, 0.2) is 41.7 Å². The highest BCUT2D eigenvalue weighted by atomic mass is 19.1. The third kappa shape index (κ3) is 9.87. The highest BCUT2D eigenvalue weighted by molar-refractivity contribution is 5.85. The standard InChI is InChI=1S/C36H44F2N8O7/c1-6-13-45(30(47)18-42-35(49)51-4)15-12-40-16-27(39-3)24-10-8-22-23-9-11-25(33(38)34(23)53-21-26(22)32(24)37)28-17-41-29(44-28)20-46(14-7-2)31(48)19-43-36(50)52-5/h8-12,16-17,39H,6-7,13-15,18-21H2,1-5H3,(H,41,44)(H,42,49)(H,43,50)/b27-16-,40-12?. The summed E-state index contributed by atoms with van der Waals surface area (Å²) in [7, 11) is 4.04. The van der Waals surface area contributed by atoms with E-state index in [0.29, 0.717) is 54.3 Å². The topological polar surface area (TPSA) is 180 Å².